The number of rotatable bonds is 3. The Morgan fingerprint density at radius 1 is 1.00 bits per heavy atom. The molecule has 3 aromatic rings. The largest absolute Gasteiger partial charge is 0.462 e. The lowest BCUT2D eigenvalue weighted by Crippen LogP contribution is -2.26. The van der Waals surface area contributed by atoms with Gasteiger partial charge in [0, 0.05) is 16.6 Å². The summed E-state index contributed by atoms with van der Waals surface area (Å²) in [5.74, 6) is -0.288. The summed E-state index contributed by atoms with van der Waals surface area (Å²) in [6.07, 6.45) is 0. The van der Waals surface area contributed by atoms with Gasteiger partial charge in [-0.05, 0) is 56.0 Å². The summed E-state index contributed by atoms with van der Waals surface area (Å²) in [4.78, 5) is 12.3. The van der Waals surface area contributed by atoms with Crippen LogP contribution >= 0.6 is 0 Å². The van der Waals surface area contributed by atoms with E-state index in [1.165, 1.54) is 0 Å². The van der Waals surface area contributed by atoms with Gasteiger partial charge in [-0.25, -0.2) is 4.79 Å². The van der Waals surface area contributed by atoms with Gasteiger partial charge in [0.25, 0.3) is 0 Å². The first-order valence-corrected chi connectivity index (χ1v) is 8.30. The number of ether oxygens (including phenoxy) is 1. The molecule has 0 atom stereocenters. The highest BCUT2D eigenvalue weighted by Crippen LogP contribution is 2.33. The molecule has 0 aliphatic heterocycles. The average molecular weight is 321 g/mol. The lowest BCUT2D eigenvalue weighted by Gasteiger charge is -2.24. The lowest BCUT2D eigenvalue weighted by atomic mass is 9.97. The summed E-state index contributed by atoms with van der Waals surface area (Å²) in [5.41, 5.74) is 1.42. The minimum absolute atomic E-state index is 0.105. The molecule has 0 amide bonds. The molecule has 124 valence electrons. The maximum absolute atomic E-state index is 12.3. The van der Waals surface area contributed by atoms with Gasteiger partial charge < -0.3 is 10.1 Å². The van der Waals surface area contributed by atoms with Gasteiger partial charge in [-0.15, -0.1) is 0 Å². The van der Waals surface area contributed by atoms with E-state index < -0.39 is 0 Å². The summed E-state index contributed by atoms with van der Waals surface area (Å²) >= 11 is 0. The Morgan fingerprint density at radius 3 is 2.46 bits per heavy atom. The predicted octanol–water partition coefficient (Wildman–Crippen LogP) is 5.38. The van der Waals surface area contributed by atoms with Gasteiger partial charge in [-0.1, -0.05) is 36.4 Å². The number of hydrogen-bond donors (Lipinski definition) is 1. The van der Waals surface area contributed by atoms with E-state index in [9.17, 15) is 4.79 Å². The zero-order valence-corrected chi connectivity index (χ0v) is 14.6. The van der Waals surface area contributed by atoms with Crippen LogP contribution in [0.25, 0.3) is 21.5 Å². The molecule has 0 spiro atoms. The van der Waals surface area contributed by atoms with Crippen molar-refractivity contribution in [3.05, 3.63) is 54.1 Å². The van der Waals surface area contributed by atoms with E-state index in [-0.39, 0.29) is 11.5 Å². The Balaban J connectivity index is 2.30. The van der Waals surface area contributed by atoms with Crippen molar-refractivity contribution in [3.8, 4) is 0 Å². The molecule has 0 heterocycles. The van der Waals surface area contributed by atoms with Gasteiger partial charge in [0.15, 0.2) is 0 Å². The van der Waals surface area contributed by atoms with E-state index in [0.717, 1.165) is 27.2 Å². The molecule has 0 radical (unpaired) electrons. The normalized spacial score (nSPS) is 11.7. The second kappa shape index (κ2) is 6.16. The molecular weight excluding hydrogens is 298 g/mol. The van der Waals surface area contributed by atoms with Crippen molar-refractivity contribution in [2.75, 3.05) is 11.9 Å². The molecule has 0 saturated carbocycles. The maximum atomic E-state index is 12.3. The van der Waals surface area contributed by atoms with E-state index in [0.29, 0.717) is 12.2 Å². The van der Waals surface area contributed by atoms with Crippen LogP contribution in [-0.2, 0) is 4.74 Å². The van der Waals surface area contributed by atoms with Crippen molar-refractivity contribution in [3.63, 3.8) is 0 Å². The third kappa shape index (κ3) is 3.21. The summed E-state index contributed by atoms with van der Waals surface area (Å²) in [6.45, 7) is 8.52. The van der Waals surface area contributed by atoms with E-state index in [2.05, 4.69) is 50.4 Å². The number of hydrogen-bond acceptors (Lipinski definition) is 3. The molecule has 0 unspecified atom stereocenters. The van der Waals surface area contributed by atoms with Gasteiger partial charge >= 0.3 is 5.97 Å². The Labute approximate surface area is 142 Å². The Hall–Kier alpha value is -2.55. The Kier molecular flexibility index (Phi) is 4.18. The number of esters is 1. The van der Waals surface area contributed by atoms with Crippen LogP contribution in [0, 0.1) is 0 Å². The van der Waals surface area contributed by atoms with Crippen LogP contribution in [0.15, 0.2) is 48.5 Å². The van der Waals surface area contributed by atoms with Gasteiger partial charge in [0.2, 0.25) is 0 Å². The Morgan fingerprint density at radius 2 is 1.75 bits per heavy atom. The number of anilines is 1. The van der Waals surface area contributed by atoms with E-state index in [1.807, 2.05) is 31.2 Å². The molecule has 3 aromatic carbocycles. The zero-order chi connectivity index (χ0) is 17.3. The van der Waals surface area contributed by atoms with Crippen LogP contribution in [0.4, 0.5) is 5.69 Å². The Bertz CT molecular complexity index is 907. The van der Waals surface area contributed by atoms with Crippen molar-refractivity contribution in [2.24, 2.45) is 0 Å². The zero-order valence-electron chi connectivity index (χ0n) is 14.6. The summed E-state index contributed by atoms with van der Waals surface area (Å²) < 4.78 is 5.21. The lowest BCUT2D eigenvalue weighted by molar-refractivity contribution is 0.0526. The second-order valence-electron chi connectivity index (χ2n) is 7.00. The van der Waals surface area contributed by atoms with Crippen molar-refractivity contribution in [2.45, 2.75) is 33.2 Å². The molecule has 0 aromatic heterocycles. The minimum atomic E-state index is -0.288. The van der Waals surface area contributed by atoms with E-state index in [1.54, 1.807) is 0 Å². The SMILES string of the molecule is CCOC(=O)c1cc(NC(C)(C)C)c2ccc3ccccc3c2c1. The maximum Gasteiger partial charge on any atom is 0.338 e. The number of carbonyl (C=O) groups excluding carboxylic acids is 1. The fraction of sp³-hybridized carbons (Fsp3) is 0.286. The molecule has 1 N–H and O–H groups in total. The van der Waals surface area contributed by atoms with Gasteiger partial charge in [0.05, 0.1) is 12.2 Å². The van der Waals surface area contributed by atoms with Crippen LogP contribution in [0.3, 0.4) is 0 Å². The van der Waals surface area contributed by atoms with Crippen molar-refractivity contribution in [1.29, 1.82) is 0 Å². The van der Waals surface area contributed by atoms with E-state index >= 15 is 0 Å². The monoisotopic (exact) mass is 321 g/mol. The highest BCUT2D eigenvalue weighted by Gasteiger charge is 2.16. The van der Waals surface area contributed by atoms with Crippen LogP contribution < -0.4 is 5.32 Å². The molecule has 0 aliphatic rings. The highest BCUT2D eigenvalue weighted by atomic mass is 16.5. The highest BCUT2D eigenvalue weighted by molar-refractivity contribution is 6.13. The van der Waals surface area contributed by atoms with Crippen LogP contribution in [-0.4, -0.2) is 18.1 Å². The molecule has 0 fully saturated rings. The summed E-state index contributed by atoms with van der Waals surface area (Å²) in [7, 11) is 0. The number of nitrogens with one attached hydrogen (secondary N) is 1. The third-order valence-electron chi connectivity index (χ3n) is 3.88. The van der Waals surface area contributed by atoms with Crippen molar-refractivity contribution in [1.82, 2.24) is 0 Å². The fourth-order valence-electron chi connectivity index (χ4n) is 2.96. The first-order valence-electron chi connectivity index (χ1n) is 8.30. The molecule has 3 rings (SSSR count). The quantitative estimate of drug-likeness (QED) is 0.520. The topological polar surface area (TPSA) is 38.3 Å². The van der Waals surface area contributed by atoms with Crippen molar-refractivity contribution < 1.29 is 9.53 Å². The van der Waals surface area contributed by atoms with Gasteiger partial charge in [0.1, 0.15) is 0 Å². The number of carbonyl (C=O) groups is 1. The summed E-state index contributed by atoms with van der Waals surface area (Å²) in [6, 6.07) is 16.3. The second-order valence-corrected chi connectivity index (χ2v) is 7.00. The molecule has 0 bridgehead atoms. The van der Waals surface area contributed by atoms with Crippen LogP contribution in [0.5, 0.6) is 0 Å². The van der Waals surface area contributed by atoms with Crippen LogP contribution in [0.1, 0.15) is 38.1 Å². The first kappa shape index (κ1) is 16.3. The van der Waals surface area contributed by atoms with Crippen LogP contribution in [0.2, 0.25) is 0 Å². The smallest absolute Gasteiger partial charge is 0.338 e. The minimum Gasteiger partial charge on any atom is -0.462 e. The van der Waals surface area contributed by atoms with Gasteiger partial charge in [-0.2, -0.15) is 0 Å². The summed E-state index contributed by atoms with van der Waals surface area (Å²) in [5, 5.41) is 7.98. The first-order chi connectivity index (χ1) is 11.4. The molecule has 24 heavy (non-hydrogen) atoms. The molecule has 0 aliphatic carbocycles. The predicted molar refractivity (Wildman–Crippen MR) is 101 cm³/mol. The average Bonchev–Trinajstić information content (AvgIpc) is 2.53. The molecule has 3 nitrogen and oxygen atoms in total. The fourth-order valence-corrected chi connectivity index (χ4v) is 2.96. The molecule has 0 saturated heterocycles. The van der Waals surface area contributed by atoms with Crippen molar-refractivity contribution >= 4 is 33.2 Å². The van der Waals surface area contributed by atoms with E-state index in [4.69, 9.17) is 4.74 Å². The third-order valence-corrected chi connectivity index (χ3v) is 3.88. The molecule has 3 heteroatoms. The molecular formula is C21H23NO2. The number of benzene rings is 3. The number of fused-ring (bicyclic) bond motifs is 3. The standard InChI is InChI=1S/C21H23NO2/c1-5-24-20(23)15-12-18-16-9-7-6-8-14(16)10-11-17(18)19(13-15)22-21(2,3)4/h6-13,22H,5H2,1-4H3. The van der Waals surface area contributed by atoms with Gasteiger partial charge in [-0.3, -0.25) is 0 Å².